The molecule has 0 N–H and O–H groups in total. The molecule has 0 amide bonds. The molecular weight excluding hydrogens is 226 g/mol. The molecule has 0 heterocycles. The Morgan fingerprint density at radius 3 is 2.46 bits per heavy atom. The monoisotopic (exact) mass is 241 g/mol. The number of benzene rings is 1. The van der Waals surface area contributed by atoms with Crippen molar-refractivity contribution in [3.63, 3.8) is 0 Å². The van der Waals surface area contributed by atoms with Gasteiger partial charge in [-0.05, 0) is 25.5 Å². The average Bonchev–Trinajstić information content (AvgIpc) is 2.16. The molecule has 0 fully saturated rings. The van der Waals surface area contributed by atoms with Crippen molar-refractivity contribution in [1.29, 1.82) is 0 Å². The van der Waals surface area contributed by atoms with E-state index >= 15 is 0 Å². The third kappa shape index (κ3) is 2.47. The van der Waals surface area contributed by atoms with Gasteiger partial charge in [-0.15, -0.1) is 0 Å². The predicted octanol–water partition coefficient (Wildman–Crippen LogP) is 3.43. The van der Waals surface area contributed by atoms with E-state index in [0.29, 0.717) is 6.04 Å². The fraction of sp³-hybridized carbons (Fsp3) is 0.455. The third-order valence-electron chi connectivity index (χ3n) is 2.29. The minimum Gasteiger partial charge on any atom is -0.372 e. The van der Waals surface area contributed by atoms with E-state index in [1.807, 2.05) is 0 Å². The summed E-state index contributed by atoms with van der Waals surface area (Å²) in [7, 11) is 2.13. The summed E-state index contributed by atoms with van der Waals surface area (Å²) >= 11 is 3.50. The highest BCUT2D eigenvalue weighted by atomic mass is 79.9. The standard InChI is InChI=1S/C11H16BrN/c1-9(2)13(3)11-7-5-4-6-10(11)8-12/h4-7,9H,8H2,1-3H3. The van der Waals surface area contributed by atoms with Gasteiger partial charge in [-0.3, -0.25) is 0 Å². The van der Waals surface area contributed by atoms with Crippen LogP contribution in [0.1, 0.15) is 19.4 Å². The Morgan fingerprint density at radius 2 is 1.92 bits per heavy atom. The fourth-order valence-corrected chi connectivity index (χ4v) is 1.72. The van der Waals surface area contributed by atoms with Crippen LogP contribution < -0.4 is 4.90 Å². The molecule has 0 saturated heterocycles. The first-order chi connectivity index (χ1) is 6.16. The van der Waals surface area contributed by atoms with Crippen LogP contribution in [0.25, 0.3) is 0 Å². The van der Waals surface area contributed by atoms with Crippen molar-refractivity contribution < 1.29 is 0 Å². The number of rotatable bonds is 3. The summed E-state index contributed by atoms with van der Waals surface area (Å²) in [6.45, 7) is 4.40. The SMILES string of the molecule is CC(C)N(C)c1ccccc1CBr. The van der Waals surface area contributed by atoms with E-state index in [4.69, 9.17) is 0 Å². The highest BCUT2D eigenvalue weighted by Crippen LogP contribution is 2.22. The topological polar surface area (TPSA) is 3.24 Å². The molecule has 1 rings (SSSR count). The zero-order chi connectivity index (χ0) is 9.84. The molecule has 0 aliphatic rings. The first kappa shape index (κ1) is 10.6. The van der Waals surface area contributed by atoms with Gasteiger partial charge in [-0.2, -0.15) is 0 Å². The van der Waals surface area contributed by atoms with Crippen LogP contribution in [0, 0.1) is 0 Å². The van der Waals surface area contributed by atoms with Crippen LogP contribution in [-0.4, -0.2) is 13.1 Å². The molecule has 1 aromatic rings. The van der Waals surface area contributed by atoms with E-state index in [0.717, 1.165) is 5.33 Å². The highest BCUT2D eigenvalue weighted by Gasteiger charge is 2.07. The number of para-hydroxylation sites is 1. The van der Waals surface area contributed by atoms with Crippen molar-refractivity contribution in [1.82, 2.24) is 0 Å². The van der Waals surface area contributed by atoms with E-state index < -0.39 is 0 Å². The van der Waals surface area contributed by atoms with Gasteiger partial charge in [-0.1, -0.05) is 34.1 Å². The first-order valence-electron chi connectivity index (χ1n) is 4.53. The molecule has 0 bridgehead atoms. The maximum absolute atomic E-state index is 3.50. The summed E-state index contributed by atoms with van der Waals surface area (Å²) in [6.07, 6.45) is 0. The lowest BCUT2D eigenvalue weighted by Gasteiger charge is -2.25. The van der Waals surface area contributed by atoms with Gasteiger partial charge in [0.15, 0.2) is 0 Å². The van der Waals surface area contributed by atoms with E-state index in [1.165, 1.54) is 11.3 Å². The quantitative estimate of drug-likeness (QED) is 0.734. The van der Waals surface area contributed by atoms with Gasteiger partial charge in [0.05, 0.1) is 0 Å². The van der Waals surface area contributed by atoms with Crippen LogP contribution in [0.5, 0.6) is 0 Å². The Kier molecular flexibility index (Phi) is 3.79. The molecule has 0 saturated carbocycles. The maximum atomic E-state index is 3.50. The first-order valence-corrected chi connectivity index (χ1v) is 5.65. The van der Waals surface area contributed by atoms with Crippen LogP contribution in [0.2, 0.25) is 0 Å². The highest BCUT2D eigenvalue weighted by molar-refractivity contribution is 9.08. The molecule has 2 heteroatoms. The second kappa shape index (κ2) is 4.66. The van der Waals surface area contributed by atoms with Crippen molar-refractivity contribution >= 4 is 21.6 Å². The van der Waals surface area contributed by atoms with E-state index in [9.17, 15) is 0 Å². The Labute approximate surface area is 88.9 Å². The lowest BCUT2D eigenvalue weighted by Crippen LogP contribution is -2.26. The van der Waals surface area contributed by atoms with Crippen LogP contribution >= 0.6 is 15.9 Å². The predicted molar refractivity (Wildman–Crippen MR) is 62.6 cm³/mol. The van der Waals surface area contributed by atoms with Crippen molar-refractivity contribution in [3.05, 3.63) is 29.8 Å². The second-order valence-corrected chi connectivity index (χ2v) is 4.03. The average molecular weight is 242 g/mol. The number of nitrogens with zero attached hydrogens (tertiary/aromatic N) is 1. The zero-order valence-corrected chi connectivity index (χ0v) is 10.0. The van der Waals surface area contributed by atoms with E-state index in [-0.39, 0.29) is 0 Å². The summed E-state index contributed by atoms with van der Waals surface area (Å²) < 4.78 is 0. The lowest BCUT2D eigenvalue weighted by molar-refractivity contribution is 0.752. The van der Waals surface area contributed by atoms with Gasteiger partial charge in [-0.25, -0.2) is 0 Å². The zero-order valence-electron chi connectivity index (χ0n) is 8.42. The van der Waals surface area contributed by atoms with E-state index in [1.54, 1.807) is 0 Å². The molecule has 0 aliphatic heterocycles. The Bertz CT molecular complexity index is 271. The Morgan fingerprint density at radius 1 is 1.31 bits per heavy atom. The summed E-state index contributed by atoms with van der Waals surface area (Å²) in [6, 6.07) is 9.02. The number of hydrogen-bond acceptors (Lipinski definition) is 1. The minimum atomic E-state index is 0.542. The summed E-state index contributed by atoms with van der Waals surface area (Å²) in [5, 5.41) is 0.917. The van der Waals surface area contributed by atoms with Crippen LogP contribution in [-0.2, 0) is 5.33 Å². The molecule has 72 valence electrons. The van der Waals surface area contributed by atoms with Crippen LogP contribution in [0.15, 0.2) is 24.3 Å². The van der Waals surface area contributed by atoms with Crippen molar-refractivity contribution in [3.8, 4) is 0 Å². The molecule has 0 aromatic heterocycles. The van der Waals surface area contributed by atoms with Gasteiger partial charge >= 0.3 is 0 Å². The molecule has 0 radical (unpaired) electrons. The molecular formula is C11H16BrN. The van der Waals surface area contributed by atoms with Gasteiger partial charge in [0.1, 0.15) is 0 Å². The van der Waals surface area contributed by atoms with Crippen LogP contribution in [0.3, 0.4) is 0 Å². The molecule has 1 aromatic carbocycles. The minimum absolute atomic E-state index is 0.542. The van der Waals surface area contributed by atoms with Crippen molar-refractivity contribution in [2.75, 3.05) is 11.9 Å². The number of halogens is 1. The van der Waals surface area contributed by atoms with Crippen molar-refractivity contribution in [2.45, 2.75) is 25.2 Å². The molecule has 0 atom stereocenters. The maximum Gasteiger partial charge on any atom is 0.0407 e. The third-order valence-corrected chi connectivity index (χ3v) is 2.89. The van der Waals surface area contributed by atoms with Gasteiger partial charge in [0.2, 0.25) is 0 Å². The number of hydrogen-bond donors (Lipinski definition) is 0. The van der Waals surface area contributed by atoms with Gasteiger partial charge in [0, 0.05) is 24.1 Å². The van der Waals surface area contributed by atoms with Gasteiger partial charge in [0.25, 0.3) is 0 Å². The second-order valence-electron chi connectivity index (χ2n) is 3.47. The molecule has 0 spiro atoms. The number of alkyl halides is 1. The molecule has 1 nitrogen and oxygen atoms in total. The Hall–Kier alpha value is -0.500. The van der Waals surface area contributed by atoms with Crippen molar-refractivity contribution in [2.24, 2.45) is 0 Å². The number of anilines is 1. The van der Waals surface area contributed by atoms with Gasteiger partial charge < -0.3 is 4.90 Å². The fourth-order valence-electron chi connectivity index (χ4n) is 1.25. The summed E-state index contributed by atoms with van der Waals surface area (Å²) in [5.41, 5.74) is 2.66. The van der Waals surface area contributed by atoms with E-state index in [2.05, 4.69) is 66.0 Å². The smallest absolute Gasteiger partial charge is 0.0407 e. The molecule has 0 unspecified atom stereocenters. The largest absolute Gasteiger partial charge is 0.372 e. The summed E-state index contributed by atoms with van der Waals surface area (Å²) in [4.78, 5) is 2.29. The molecule has 0 aliphatic carbocycles. The summed E-state index contributed by atoms with van der Waals surface area (Å²) in [5.74, 6) is 0. The lowest BCUT2D eigenvalue weighted by atomic mass is 10.1. The molecule has 13 heavy (non-hydrogen) atoms. The Balaban J connectivity index is 2.98. The van der Waals surface area contributed by atoms with Crippen LogP contribution in [0.4, 0.5) is 5.69 Å². The normalized spacial score (nSPS) is 10.5.